The van der Waals surface area contributed by atoms with Crippen molar-refractivity contribution in [3.63, 3.8) is 0 Å². The van der Waals surface area contributed by atoms with Crippen LogP contribution < -0.4 is 19.7 Å². The number of benzene rings is 2. The van der Waals surface area contributed by atoms with Crippen molar-refractivity contribution in [1.29, 1.82) is 0 Å². The summed E-state index contributed by atoms with van der Waals surface area (Å²) in [5.74, 6) is -1.04. The number of nitrogens with zero attached hydrogens (tertiary/aromatic N) is 1. The van der Waals surface area contributed by atoms with Crippen molar-refractivity contribution in [3.8, 4) is 11.5 Å². The summed E-state index contributed by atoms with van der Waals surface area (Å²) in [6.45, 7) is 2.00. The van der Waals surface area contributed by atoms with Gasteiger partial charge in [-0.15, -0.1) is 11.8 Å². The fourth-order valence-electron chi connectivity index (χ4n) is 3.69. The first-order valence-corrected chi connectivity index (χ1v) is 12.8. The molecular weight excluding hydrogens is 508 g/mol. The zero-order valence-electron chi connectivity index (χ0n) is 19.3. The molecule has 0 unspecified atom stereocenters. The first kappa shape index (κ1) is 25.6. The van der Waals surface area contributed by atoms with E-state index in [2.05, 4.69) is 5.32 Å². The molecule has 0 bridgehead atoms. The molecule has 0 saturated carbocycles. The lowest BCUT2D eigenvalue weighted by atomic mass is 10.1. The Morgan fingerprint density at radius 3 is 2.47 bits per heavy atom. The molecule has 1 N–H and O–H groups in total. The molecule has 0 spiro atoms. The van der Waals surface area contributed by atoms with Crippen molar-refractivity contribution >= 4 is 58.2 Å². The molecule has 2 heterocycles. The number of thioether (sulfide) groups is 2. The van der Waals surface area contributed by atoms with Crippen LogP contribution in [-0.2, 0) is 19.1 Å². The normalized spacial score (nSPS) is 19.3. The average Bonchev–Trinajstić information content (AvgIpc) is 3.40. The molecule has 10 nitrogen and oxygen atoms in total. The van der Waals surface area contributed by atoms with Crippen LogP contribution in [0, 0.1) is 0 Å². The maximum Gasteiger partial charge on any atom is 0.338 e. The van der Waals surface area contributed by atoms with Crippen LogP contribution in [0.1, 0.15) is 34.6 Å². The van der Waals surface area contributed by atoms with Gasteiger partial charge >= 0.3 is 11.9 Å². The lowest BCUT2D eigenvalue weighted by molar-refractivity contribution is -0.136. The summed E-state index contributed by atoms with van der Waals surface area (Å²) in [4.78, 5) is 61.6. The molecule has 2 aliphatic heterocycles. The van der Waals surface area contributed by atoms with Gasteiger partial charge in [-0.05, 0) is 48.9 Å². The summed E-state index contributed by atoms with van der Waals surface area (Å²) in [5, 5.41) is 0.431. The van der Waals surface area contributed by atoms with Crippen LogP contribution in [0.25, 0.3) is 0 Å². The second kappa shape index (κ2) is 11.0. The molecule has 2 aromatic rings. The van der Waals surface area contributed by atoms with E-state index in [0.717, 1.165) is 17.3 Å². The van der Waals surface area contributed by atoms with Crippen LogP contribution in [0.3, 0.4) is 0 Å². The molecule has 188 valence electrons. The van der Waals surface area contributed by atoms with Crippen molar-refractivity contribution in [3.05, 3.63) is 53.6 Å². The van der Waals surface area contributed by atoms with Crippen LogP contribution in [0.5, 0.6) is 11.5 Å². The average molecular weight is 531 g/mol. The summed E-state index contributed by atoms with van der Waals surface area (Å²) in [6, 6.07) is 11.6. The number of anilines is 1. The predicted molar refractivity (Wildman–Crippen MR) is 133 cm³/mol. The van der Waals surface area contributed by atoms with Crippen molar-refractivity contribution in [2.45, 2.75) is 24.0 Å². The zero-order valence-corrected chi connectivity index (χ0v) is 21.0. The summed E-state index contributed by atoms with van der Waals surface area (Å²) in [6.07, 6.45) is -0.268. The van der Waals surface area contributed by atoms with Crippen molar-refractivity contribution < 1.29 is 38.2 Å². The first-order chi connectivity index (χ1) is 17.3. The van der Waals surface area contributed by atoms with Gasteiger partial charge in [-0.25, -0.2) is 4.79 Å². The predicted octanol–water partition coefficient (Wildman–Crippen LogP) is 3.30. The van der Waals surface area contributed by atoms with Crippen molar-refractivity contribution in [1.82, 2.24) is 5.32 Å². The molecule has 2 atom stereocenters. The van der Waals surface area contributed by atoms with Crippen LogP contribution >= 0.6 is 23.5 Å². The number of amides is 3. The Morgan fingerprint density at radius 1 is 1.08 bits per heavy atom. The number of rotatable bonds is 8. The van der Waals surface area contributed by atoms with Crippen molar-refractivity contribution in [2.75, 3.05) is 24.4 Å². The molecule has 0 aromatic heterocycles. The van der Waals surface area contributed by atoms with E-state index in [0.29, 0.717) is 11.3 Å². The Hall–Kier alpha value is -3.51. The maximum absolute atomic E-state index is 12.7. The van der Waals surface area contributed by atoms with E-state index in [1.54, 1.807) is 54.3 Å². The van der Waals surface area contributed by atoms with Gasteiger partial charge in [0.05, 0.1) is 31.5 Å². The highest BCUT2D eigenvalue weighted by Gasteiger charge is 2.36. The van der Waals surface area contributed by atoms with E-state index in [4.69, 9.17) is 14.2 Å². The van der Waals surface area contributed by atoms with E-state index in [9.17, 15) is 24.0 Å². The summed E-state index contributed by atoms with van der Waals surface area (Å²) < 4.78 is 15.8. The lowest BCUT2D eigenvalue weighted by Gasteiger charge is -2.25. The third-order valence-electron chi connectivity index (χ3n) is 5.34. The molecule has 2 aliphatic rings. The number of imide groups is 1. The van der Waals surface area contributed by atoms with Gasteiger partial charge in [0.25, 0.3) is 5.24 Å². The highest BCUT2D eigenvalue weighted by molar-refractivity contribution is 8.15. The minimum atomic E-state index is -0.833. The number of hydrogen-bond acceptors (Lipinski definition) is 10. The van der Waals surface area contributed by atoms with Crippen LogP contribution in [0.15, 0.2) is 42.5 Å². The molecule has 0 aliphatic carbocycles. The Bertz CT molecular complexity index is 1220. The van der Waals surface area contributed by atoms with Gasteiger partial charge in [0, 0.05) is 5.69 Å². The fraction of sp³-hybridized carbons (Fsp3) is 0.292. The molecule has 3 amide bonds. The van der Waals surface area contributed by atoms with E-state index >= 15 is 0 Å². The fourth-order valence-corrected chi connectivity index (χ4v) is 5.66. The Morgan fingerprint density at radius 2 is 1.83 bits per heavy atom. The summed E-state index contributed by atoms with van der Waals surface area (Å²) in [7, 11) is 1.42. The Labute approximate surface area is 215 Å². The second-order valence-electron chi connectivity index (χ2n) is 7.67. The van der Waals surface area contributed by atoms with E-state index in [1.807, 2.05) is 0 Å². The van der Waals surface area contributed by atoms with E-state index < -0.39 is 28.3 Å². The van der Waals surface area contributed by atoms with Gasteiger partial charge in [0.2, 0.25) is 11.8 Å². The van der Waals surface area contributed by atoms with Crippen LogP contribution in [0.2, 0.25) is 0 Å². The minimum absolute atomic E-state index is 0.0924. The Balaban J connectivity index is 1.50. The van der Waals surface area contributed by atoms with Gasteiger partial charge in [0.1, 0.15) is 10.6 Å². The van der Waals surface area contributed by atoms with Gasteiger partial charge in [-0.2, -0.15) is 0 Å². The molecule has 2 fully saturated rings. The molecule has 2 saturated heterocycles. The second-order valence-corrected chi connectivity index (χ2v) is 9.91. The summed E-state index contributed by atoms with van der Waals surface area (Å²) >= 11 is 2.18. The van der Waals surface area contributed by atoms with Gasteiger partial charge in [0.15, 0.2) is 11.5 Å². The number of carbonyl (C=O) groups excluding carboxylic acids is 5. The number of carbonyl (C=O) groups is 5. The lowest BCUT2D eigenvalue weighted by Crippen LogP contribution is -2.28. The Kier molecular flexibility index (Phi) is 7.85. The quantitative estimate of drug-likeness (QED) is 0.401. The summed E-state index contributed by atoms with van der Waals surface area (Å²) in [5.41, 5.74) is 1.76. The molecule has 36 heavy (non-hydrogen) atoms. The van der Waals surface area contributed by atoms with Crippen molar-refractivity contribution in [2.24, 2.45) is 0 Å². The number of hydrogen-bond donors (Lipinski definition) is 1. The van der Waals surface area contributed by atoms with Gasteiger partial charge < -0.3 is 14.2 Å². The van der Waals surface area contributed by atoms with Gasteiger partial charge in [-0.3, -0.25) is 29.4 Å². The first-order valence-electron chi connectivity index (χ1n) is 10.9. The number of ether oxygens (including phenoxy) is 3. The van der Waals surface area contributed by atoms with Gasteiger partial charge in [-0.1, -0.05) is 17.8 Å². The largest absolute Gasteiger partial charge is 0.493 e. The zero-order chi connectivity index (χ0) is 25.8. The highest BCUT2D eigenvalue weighted by atomic mass is 32.2. The van der Waals surface area contributed by atoms with E-state index in [1.165, 1.54) is 18.9 Å². The maximum atomic E-state index is 12.7. The standard InChI is InChI=1S/C24H22N2O8S2/c1-3-33-23(30)13-4-7-15(8-5-13)26-19(27)12-35-22(26)14-6-9-16(17(10-14)32-2)34-20(28)11-18-21(29)25-24(31)36-18/h4-10,18,22H,3,11-12H2,1-2H3,(H,25,29,31)/t18-,22+/m0/s1. The molecule has 2 aromatic carbocycles. The van der Waals surface area contributed by atoms with Crippen LogP contribution in [-0.4, -0.2) is 53.7 Å². The molecular formula is C24H22N2O8S2. The SMILES string of the molecule is CCOC(=O)c1ccc(N2C(=O)CS[C@@H]2c2ccc(OC(=O)C[C@@H]3SC(=O)NC3=O)c(OC)c2)cc1. The monoisotopic (exact) mass is 530 g/mol. The molecule has 4 rings (SSSR count). The topological polar surface area (TPSA) is 128 Å². The number of esters is 2. The number of methoxy groups -OCH3 is 1. The third-order valence-corrected chi connectivity index (χ3v) is 7.53. The smallest absolute Gasteiger partial charge is 0.338 e. The molecule has 0 radical (unpaired) electrons. The highest BCUT2D eigenvalue weighted by Crippen LogP contribution is 2.44. The molecule has 12 heteroatoms. The minimum Gasteiger partial charge on any atom is -0.493 e. The number of nitrogens with one attached hydrogen (secondary N) is 1. The van der Waals surface area contributed by atoms with Crippen LogP contribution in [0.4, 0.5) is 10.5 Å². The van der Waals surface area contributed by atoms with E-state index in [-0.39, 0.29) is 41.6 Å². The third kappa shape index (κ3) is 5.49.